The van der Waals surface area contributed by atoms with Crippen LogP contribution in [-0.2, 0) is 9.47 Å². The Morgan fingerprint density at radius 2 is 1.80 bits per heavy atom. The van der Waals surface area contributed by atoms with Gasteiger partial charge in [0, 0.05) is 13.1 Å². The second-order valence-corrected chi connectivity index (χ2v) is 8.79. The van der Waals surface area contributed by atoms with Crippen molar-refractivity contribution in [1.82, 2.24) is 10.2 Å². The summed E-state index contributed by atoms with van der Waals surface area (Å²) in [4.78, 5) is 40.9. The molecule has 1 aromatic heterocycles. The Balaban J connectivity index is 2.18. The fourth-order valence-electron chi connectivity index (χ4n) is 2.62. The lowest BCUT2D eigenvalue weighted by atomic mass is 10.1. The van der Waals surface area contributed by atoms with Gasteiger partial charge in [-0.3, -0.25) is 10.1 Å². The van der Waals surface area contributed by atoms with E-state index < -0.39 is 23.4 Å². The third-order valence-corrected chi connectivity index (χ3v) is 3.77. The number of carbonyl (C=O) groups excluding carboxylic acids is 3. The zero-order valence-electron chi connectivity index (χ0n) is 18.3. The topological polar surface area (TPSA) is 110 Å². The second kappa shape index (κ2) is 9.15. The Hall–Kier alpha value is -3.10. The Morgan fingerprint density at radius 1 is 1.13 bits per heavy atom. The number of rotatable bonds is 2. The van der Waals surface area contributed by atoms with E-state index in [0.717, 1.165) is 5.57 Å². The van der Waals surface area contributed by atoms with Crippen LogP contribution < -0.4 is 5.32 Å². The van der Waals surface area contributed by atoms with Crippen LogP contribution in [0, 0.1) is 0 Å². The molecule has 2 heterocycles. The van der Waals surface area contributed by atoms with Gasteiger partial charge in [-0.05, 0) is 65.7 Å². The van der Waals surface area contributed by atoms with Crippen molar-refractivity contribution in [2.75, 3.05) is 13.1 Å². The van der Waals surface area contributed by atoms with Crippen LogP contribution in [0.15, 0.2) is 27.6 Å². The minimum atomic E-state index is -0.815. The molecule has 0 atom stereocenters. The summed E-state index contributed by atoms with van der Waals surface area (Å²) in [5.41, 5.74) is -0.499. The first kappa shape index (κ1) is 23.2. The molecule has 0 spiro atoms. The minimum Gasteiger partial charge on any atom is -0.454 e. The molecule has 0 aromatic carbocycles. The number of aliphatic imine (C=N–C) groups is 1. The average molecular weight is 419 g/mol. The number of nitrogens with zero attached hydrogens (tertiary/aromatic N) is 2. The highest BCUT2D eigenvalue weighted by atomic mass is 16.6. The van der Waals surface area contributed by atoms with E-state index in [9.17, 15) is 14.4 Å². The van der Waals surface area contributed by atoms with Crippen LogP contribution in [0.4, 0.5) is 9.59 Å². The highest BCUT2D eigenvalue weighted by molar-refractivity contribution is 5.99. The van der Waals surface area contributed by atoms with Gasteiger partial charge in [-0.1, -0.05) is 6.08 Å². The molecule has 30 heavy (non-hydrogen) atoms. The Labute approximate surface area is 176 Å². The van der Waals surface area contributed by atoms with Crippen molar-refractivity contribution in [2.45, 2.75) is 59.2 Å². The molecule has 9 nitrogen and oxygen atoms in total. The number of guanidine groups is 1. The molecule has 2 rings (SSSR count). The zero-order chi connectivity index (χ0) is 22.5. The van der Waals surface area contributed by atoms with Gasteiger partial charge in [0.25, 0.3) is 0 Å². The molecule has 0 bridgehead atoms. The number of hydrogen-bond acceptors (Lipinski definition) is 6. The molecule has 0 fully saturated rings. The van der Waals surface area contributed by atoms with Gasteiger partial charge < -0.3 is 18.8 Å². The second-order valence-electron chi connectivity index (χ2n) is 8.79. The molecule has 0 saturated carbocycles. The molecule has 1 aliphatic rings. The first-order valence-corrected chi connectivity index (χ1v) is 9.67. The summed E-state index contributed by atoms with van der Waals surface area (Å²) in [6.07, 6.45) is 1.56. The van der Waals surface area contributed by atoms with E-state index in [1.165, 1.54) is 0 Å². The number of nitrogens with one attached hydrogen (secondary N) is 1. The van der Waals surface area contributed by atoms with Crippen LogP contribution in [0.3, 0.4) is 0 Å². The number of furan rings is 1. The van der Waals surface area contributed by atoms with E-state index in [0.29, 0.717) is 31.6 Å². The first-order chi connectivity index (χ1) is 13.9. The van der Waals surface area contributed by atoms with Crippen molar-refractivity contribution in [3.8, 4) is 0 Å². The van der Waals surface area contributed by atoms with Gasteiger partial charge in [-0.2, -0.15) is 0 Å². The van der Waals surface area contributed by atoms with Crippen LogP contribution in [-0.4, -0.2) is 53.6 Å². The quantitative estimate of drug-likeness (QED) is 0.438. The normalized spacial score (nSPS) is 15.3. The summed E-state index contributed by atoms with van der Waals surface area (Å²) in [6.45, 7) is 11.2. The first-order valence-electron chi connectivity index (χ1n) is 9.67. The summed E-state index contributed by atoms with van der Waals surface area (Å²) in [6, 6.07) is 3.34. The van der Waals surface area contributed by atoms with Gasteiger partial charge >= 0.3 is 12.2 Å². The van der Waals surface area contributed by atoms with Gasteiger partial charge in [0.1, 0.15) is 17.0 Å². The van der Waals surface area contributed by atoms with E-state index in [2.05, 4.69) is 10.3 Å². The summed E-state index contributed by atoms with van der Waals surface area (Å²) in [7, 11) is 0. The molecular formula is C21H29N3O6. The predicted octanol–water partition coefficient (Wildman–Crippen LogP) is 4.00. The number of alkyl carbamates (subject to hydrolysis) is 1. The van der Waals surface area contributed by atoms with E-state index in [4.69, 9.17) is 13.9 Å². The van der Waals surface area contributed by atoms with Gasteiger partial charge in [0.15, 0.2) is 12.0 Å². The summed E-state index contributed by atoms with van der Waals surface area (Å²) in [5.74, 6) is 0.913. The van der Waals surface area contributed by atoms with Crippen molar-refractivity contribution in [3.05, 3.63) is 29.7 Å². The van der Waals surface area contributed by atoms with Crippen molar-refractivity contribution < 1.29 is 28.3 Å². The van der Waals surface area contributed by atoms with Crippen molar-refractivity contribution in [2.24, 2.45) is 4.99 Å². The van der Waals surface area contributed by atoms with E-state index >= 15 is 0 Å². The zero-order valence-corrected chi connectivity index (χ0v) is 18.3. The van der Waals surface area contributed by atoms with Crippen LogP contribution in [0.25, 0.3) is 5.57 Å². The minimum absolute atomic E-state index is 0.0434. The van der Waals surface area contributed by atoms with Crippen LogP contribution in [0.2, 0.25) is 0 Å². The molecule has 1 aliphatic heterocycles. The molecule has 0 saturated heterocycles. The number of aldehydes is 1. The summed E-state index contributed by atoms with van der Waals surface area (Å²) >= 11 is 0. The molecule has 1 N–H and O–H groups in total. The maximum absolute atomic E-state index is 12.2. The highest BCUT2D eigenvalue weighted by Gasteiger charge is 2.25. The molecule has 0 radical (unpaired) electrons. The average Bonchev–Trinajstić information content (AvgIpc) is 3.07. The van der Waals surface area contributed by atoms with E-state index in [1.54, 1.807) is 58.6 Å². The fraction of sp³-hybridized carbons (Fsp3) is 0.524. The smallest absolute Gasteiger partial charge is 0.437 e. The number of carbonyl (C=O) groups is 3. The van der Waals surface area contributed by atoms with Gasteiger partial charge in [0.05, 0.1) is 0 Å². The Kier molecular flexibility index (Phi) is 7.07. The summed E-state index contributed by atoms with van der Waals surface area (Å²) < 4.78 is 16.0. The van der Waals surface area contributed by atoms with Gasteiger partial charge in [-0.25, -0.2) is 9.59 Å². The van der Waals surface area contributed by atoms with Gasteiger partial charge in [0.2, 0.25) is 5.96 Å². The third kappa shape index (κ3) is 7.38. The van der Waals surface area contributed by atoms with Crippen LogP contribution in [0.5, 0.6) is 0 Å². The van der Waals surface area contributed by atoms with E-state index in [-0.39, 0.29) is 11.7 Å². The maximum atomic E-state index is 12.2. The fourth-order valence-corrected chi connectivity index (χ4v) is 2.62. The number of hydrogen-bond donors (Lipinski definition) is 1. The van der Waals surface area contributed by atoms with Crippen LogP contribution >= 0.6 is 0 Å². The number of ether oxygens (including phenoxy) is 2. The molecule has 9 heteroatoms. The van der Waals surface area contributed by atoms with Crippen molar-refractivity contribution >= 4 is 30.0 Å². The standard InChI is InChI=1S/C21H29N3O6/c1-20(2,3)29-18(26)22-17(23-19(27)30-21(4,5)6)24-11-9-14(10-12-24)16-8-7-15(13-25)28-16/h7-9,13H,10-12H2,1-6H3,(H,22,23,26,27). The Bertz CT molecular complexity index is 855. The predicted molar refractivity (Wildman–Crippen MR) is 111 cm³/mol. The molecule has 1 aromatic rings. The monoisotopic (exact) mass is 419 g/mol. The molecular weight excluding hydrogens is 390 g/mol. The third-order valence-electron chi connectivity index (χ3n) is 3.77. The maximum Gasteiger partial charge on any atom is 0.437 e. The number of amides is 2. The lowest BCUT2D eigenvalue weighted by Crippen LogP contribution is -2.48. The molecule has 0 unspecified atom stereocenters. The largest absolute Gasteiger partial charge is 0.454 e. The lowest BCUT2D eigenvalue weighted by molar-refractivity contribution is 0.0555. The molecule has 164 valence electrons. The van der Waals surface area contributed by atoms with Gasteiger partial charge in [-0.15, -0.1) is 4.99 Å². The summed E-state index contributed by atoms with van der Waals surface area (Å²) in [5, 5.41) is 2.54. The van der Waals surface area contributed by atoms with E-state index in [1.807, 2.05) is 6.08 Å². The highest BCUT2D eigenvalue weighted by Crippen LogP contribution is 2.24. The SMILES string of the molecule is CC(C)(C)OC(=O)N=C(NC(=O)OC(C)(C)C)N1CC=C(c2ccc(C=O)o2)CC1. The van der Waals surface area contributed by atoms with Crippen LogP contribution in [0.1, 0.15) is 64.3 Å². The molecule has 0 aliphatic carbocycles. The Morgan fingerprint density at radius 3 is 2.30 bits per heavy atom. The van der Waals surface area contributed by atoms with Crippen molar-refractivity contribution in [1.29, 1.82) is 0 Å². The molecule has 2 amide bonds. The van der Waals surface area contributed by atoms with Crippen molar-refractivity contribution in [3.63, 3.8) is 0 Å². The lowest BCUT2D eigenvalue weighted by Gasteiger charge is -2.29.